The van der Waals surface area contributed by atoms with E-state index in [0.717, 1.165) is 23.8 Å². The number of ether oxygens (including phenoxy) is 1. The van der Waals surface area contributed by atoms with E-state index in [-0.39, 0.29) is 5.88 Å². The van der Waals surface area contributed by atoms with Crippen molar-refractivity contribution in [2.24, 2.45) is 0 Å². The van der Waals surface area contributed by atoms with Gasteiger partial charge in [0, 0.05) is 24.0 Å². The maximum Gasteiger partial charge on any atom is 0.422 e. The highest BCUT2D eigenvalue weighted by Crippen LogP contribution is 2.25. The fraction of sp³-hybridized carbons (Fsp3) is 0.400. The number of rotatable bonds is 5. The normalized spacial score (nSPS) is 15.4. The van der Waals surface area contributed by atoms with Crippen LogP contribution in [0.5, 0.6) is 5.88 Å². The van der Waals surface area contributed by atoms with Gasteiger partial charge in [0.2, 0.25) is 5.88 Å². The highest BCUT2D eigenvalue weighted by Gasteiger charge is 2.29. The molecule has 1 heterocycles. The maximum atomic E-state index is 12.3. The summed E-state index contributed by atoms with van der Waals surface area (Å²) in [5.74, 6) is 0.0126. The molecule has 1 aliphatic carbocycles. The molecule has 0 spiro atoms. The van der Waals surface area contributed by atoms with Crippen molar-refractivity contribution >= 4 is 10.9 Å². The summed E-state index contributed by atoms with van der Waals surface area (Å²) in [5, 5.41) is 4.29. The summed E-state index contributed by atoms with van der Waals surface area (Å²) in [6, 6.07) is 9.50. The molecule has 3 nitrogen and oxygen atoms in total. The van der Waals surface area contributed by atoms with Gasteiger partial charge in [0.15, 0.2) is 6.61 Å². The summed E-state index contributed by atoms with van der Waals surface area (Å²) in [6.07, 6.45) is -2.05. The van der Waals surface area contributed by atoms with E-state index in [2.05, 4.69) is 10.3 Å². The SMILES string of the molecule is FC(F)(F)COc1cc(CNC2CC2)c2ccccc2n1. The minimum absolute atomic E-state index is 0.0126. The zero-order chi connectivity index (χ0) is 14.9. The fourth-order valence-corrected chi connectivity index (χ4v) is 2.14. The Balaban J connectivity index is 1.86. The number of aromatic nitrogens is 1. The van der Waals surface area contributed by atoms with Crippen molar-refractivity contribution in [1.29, 1.82) is 0 Å². The van der Waals surface area contributed by atoms with Gasteiger partial charge in [-0.1, -0.05) is 18.2 Å². The number of nitrogens with zero attached hydrogens (tertiary/aromatic N) is 1. The first-order valence-electron chi connectivity index (χ1n) is 6.83. The molecule has 3 rings (SSSR count). The molecule has 2 aromatic rings. The predicted molar refractivity (Wildman–Crippen MR) is 73.2 cm³/mol. The number of hydrogen-bond donors (Lipinski definition) is 1. The summed E-state index contributed by atoms with van der Waals surface area (Å²) in [7, 11) is 0. The molecule has 0 bridgehead atoms. The number of hydrogen-bond acceptors (Lipinski definition) is 3. The second-order valence-corrected chi connectivity index (χ2v) is 5.20. The van der Waals surface area contributed by atoms with Crippen molar-refractivity contribution in [1.82, 2.24) is 10.3 Å². The van der Waals surface area contributed by atoms with E-state index in [1.54, 1.807) is 18.2 Å². The third kappa shape index (κ3) is 3.85. The predicted octanol–water partition coefficient (Wildman–Crippen LogP) is 3.43. The molecule has 21 heavy (non-hydrogen) atoms. The van der Waals surface area contributed by atoms with Crippen LogP contribution in [0.4, 0.5) is 13.2 Å². The van der Waals surface area contributed by atoms with Crippen LogP contribution < -0.4 is 10.1 Å². The Morgan fingerprint density at radius 2 is 2.00 bits per heavy atom. The number of fused-ring (bicyclic) bond motifs is 1. The largest absolute Gasteiger partial charge is 0.468 e. The van der Waals surface area contributed by atoms with Crippen molar-refractivity contribution in [3.05, 3.63) is 35.9 Å². The second-order valence-electron chi connectivity index (χ2n) is 5.20. The third-order valence-electron chi connectivity index (χ3n) is 3.32. The van der Waals surface area contributed by atoms with Gasteiger partial charge in [-0.2, -0.15) is 13.2 Å². The van der Waals surface area contributed by atoms with Crippen LogP contribution in [0.25, 0.3) is 10.9 Å². The standard InChI is InChI=1S/C15H15F3N2O/c16-15(17,18)9-21-14-7-10(8-19-11-5-6-11)12-3-1-2-4-13(12)20-14/h1-4,7,11,19H,5-6,8-9H2. The van der Waals surface area contributed by atoms with E-state index in [1.807, 2.05) is 12.1 Å². The van der Waals surface area contributed by atoms with Gasteiger partial charge < -0.3 is 10.1 Å². The molecule has 6 heteroatoms. The molecule has 0 amide bonds. The Hall–Kier alpha value is -1.82. The average Bonchev–Trinajstić information content (AvgIpc) is 3.26. The first-order valence-corrected chi connectivity index (χ1v) is 6.83. The number of halogens is 3. The molecule has 0 radical (unpaired) electrons. The van der Waals surface area contributed by atoms with E-state index in [0.29, 0.717) is 18.1 Å². The van der Waals surface area contributed by atoms with Gasteiger partial charge >= 0.3 is 6.18 Å². The van der Waals surface area contributed by atoms with E-state index < -0.39 is 12.8 Å². The van der Waals surface area contributed by atoms with Crippen LogP contribution in [-0.4, -0.2) is 23.8 Å². The highest BCUT2D eigenvalue weighted by molar-refractivity contribution is 5.82. The van der Waals surface area contributed by atoms with Gasteiger partial charge in [0.25, 0.3) is 0 Å². The van der Waals surface area contributed by atoms with E-state index in [1.165, 1.54) is 0 Å². The lowest BCUT2D eigenvalue weighted by Crippen LogP contribution is -2.20. The Kier molecular flexibility index (Phi) is 3.71. The number of pyridine rings is 1. The van der Waals surface area contributed by atoms with Gasteiger partial charge in [0.05, 0.1) is 5.52 Å². The topological polar surface area (TPSA) is 34.1 Å². The first-order chi connectivity index (χ1) is 10.0. The van der Waals surface area contributed by atoms with Crippen LogP contribution >= 0.6 is 0 Å². The molecule has 0 atom stereocenters. The molecule has 0 unspecified atom stereocenters. The Labute approximate surface area is 120 Å². The molecule has 0 aliphatic heterocycles. The summed E-state index contributed by atoms with van der Waals surface area (Å²) >= 11 is 0. The Morgan fingerprint density at radius 3 is 2.71 bits per heavy atom. The monoisotopic (exact) mass is 296 g/mol. The van der Waals surface area contributed by atoms with E-state index in [4.69, 9.17) is 4.74 Å². The lowest BCUT2D eigenvalue weighted by atomic mass is 10.1. The van der Waals surface area contributed by atoms with Crippen molar-refractivity contribution in [3.8, 4) is 5.88 Å². The van der Waals surface area contributed by atoms with E-state index in [9.17, 15) is 13.2 Å². The lowest BCUT2D eigenvalue weighted by Gasteiger charge is -2.12. The van der Waals surface area contributed by atoms with Crippen LogP contribution in [0.3, 0.4) is 0 Å². The number of benzene rings is 1. The van der Waals surface area contributed by atoms with Crippen LogP contribution in [-0.2, 0) is 6.54 Å². The van der Waals surface area contributed by atoms with Crippen LogP contribution in [0.15, 0.2) is 30.3 Å². The molecule has 0 saturated heterocycles. The number of alkyl halides is 3. The summed E-state index contributed by atoms with van der Waals surface area (Å²) in [5.41, 5.74) is 1.55. The lowest BCUT2D eigenvalue weighted by molar-refractivity contribution is -0.154. The minimum Gasteiger partial charge on any atom is -0.468 e. The first kappa shape index (κ1) is 14.1. The van der Waals surface area contributed by atoms with Crippen LogP contribution in [0.1, 0.15) is 18.4 Å². The third-order valence-corrected chi connectivity index (χ3v) is 3.32. The zero-order valence-electron chi connectivity index (χ0n) is 11.3. The maximum absolute atomic E-state index is 12.3. The van der Waals surface area contributed by atoms with Crippen LogP contribution in [0, 0.1) is 0 Å². The minimum atomic E-state index is -4.36. The van der Waals surface area contributed by atoms with Crippen LogP contribution in [0.2, 0.25) is 0 Å². The molecule has 1 aromatic carbocycles. The molecule has 1 saturated carbocycles. The smallest absolute Gasteiger partial charge is 0.422 e. The Morgan fingerprint density at radius 1 is 1.24 bits per heavy atom. The van der Waals surface area contributed by atoms with Gasteiger partial charge in [0.1, 0.15) is 0 Å². The molecular weight excluding hydrogens is 281 g/mol. The molecular formula is C15H15F3N2O. The molecule has 1 fully saturated rings. The highest BCUT2D eigenvalue weighted by atomic mass is 19.4. The zero-order valence-corrected chi connectivity index (χ0v) is 11.3. The average molecular weight is 296 g/mol. The summed E-state index contributed by atoms with van der Waals surface area (Å²) in [4.78, 5) is 4.13. The van der Waals surface area contributed by atoms with Gasteiger partial charge in [-0.25, -0.2) is 4.98 Å². The number of para-hydroxylation sites is 1. The Bertz CT molecular complexity index is 638. The van der Waals surface area contributed by atoms with Gasteiger partial charge in [-0.15, -0.1) is 0 Å². The second kappa shape index (κ2) is 5.52. The molecule has 1 aliphatic rings. The fourth-order valence-electron chi connectivity index (χ4n) is 2.14. The van der Waals surface area contributed by atoms with Crippen molar-refractivity contribution in [3.63, 3.8) is 0 Å². The molecule has 1 aromatic heterocycles. The quantitative estimate of drug-likeness (QED) is 0.918. The summed E-state index contributed by atoms with van der Waals surface area (Å²) < 4.78 is 41.5. The van der Waals surface area contributed by atoms with Crippen molar-refractivity contribution in [2.75, 3.05) is 6.61 Å². The molecule has 1 N–H and O–H groups in total. The van der Waals surface area contributed by atoms with Crippen molar-refractivity contribution in [2.45, 2.75) is 31.6 Å². The molecule has 112 valence electrons. The van der Waals surface area contributed by atoms with Gasteiger partial charge in [-0.05, 0) is 24.5 Å². The number of nitrogens with one attached hydrogen (secondary N) is 1. The van der Waals surface area contributed by atoms with E-state index >= 15 is 0 Å². The van der Waals surface area contributed by atoms with Crippen molar-refractivity contribution < 1.29 is 17.9 Å². The summed E-state index contributed by atoms with van der Waals surface area (Å²) in [6.45, 7) is -0.718. The van der Waals surface area contributed by atoms with Gasteiger partial charge in [-0.3, -0.25) is 0 Å².